The number of rotatable bonds is 4. The predicted molar refractivity (Wildman–Crippen MR) is 67.0 cm³/mol. The molecule has 1 aromatic carbocycles. The summed E-state index contributed by atoms with van der Waals surface area (Å²) >= 11 is 0. The van der Waals surface area contributed by atoms with Crippen LogP contribution >= 0.6 is 0 Å². The van der Waals surface area contributed by atoms with Crippen molar-refractivity contribution < 1.29 is 4.74 Å². The minimum Gasteiger partial charge on any atom is -0.379 e. The molecule has 0 spiro atoms. The van der Waals surface area contributed by atoms with E-state index in [0.717, 1.165) is 39.4 Å². The minimum atomic E-state index is 0.884. The molecule has 0 unspecified atom stereocenters. The molecule has 0 amide bonds. The van der Waals surface area contributed by atoms with Gasteiger partial charge in [0.15, 0.2) is 0 Å². The monoisotopic (exact) mass is 220 g/mol. The molecule has 3 nitrogen and oxygen atoms in total. The lowest BCUT2D eigenvalue weighted by molar-refractivity contribution is 0.0393. The molecule has 3 heteroatoms. The number of hydrogen-bond donors (Lipinski definition) is 0. The first-order chi connectivity index (χ1) is 7.86. The molecule has 0 bridgehead atoms. The summed E-state index contributed by atoms with van der Waals surface area (Å²) in [5, 5.41) is 0. The molecule has 0 aliphatic carbocycles. The highest BCUT2D eigenvalue weighted by atomic mass is 16.5. The van der Waals surface area contributed by atoms with Gasteiger partial charge in [0.1, 0.15) is 0 Å². The van der Waals surface area contributed by atoms with E-state index in [0.29, 0.717) is 0 Å². The van der Waals surface area contributed by atoms with Gasteiger partial charge in [-0.15, -0.1) is 0 Å². The Bertz CT molecular complexity index is 296. The first kappa shape index (κ1) is 11.4. The van der Waals surface area contributed by atoms with Crippen LogP contribution in [0.25, 0.3) is 0 Å². The smallest absolute Gasteiger partial charge is 0.0594 e. The van der Waals surface area contributed by atoms with Gasteiger partial charge in [0.25, 0.3) is 0 Å². The van der Waals surface area contributed by atoms with Gasteiger partial charge in [-0.2, -0.15) is 0 Å². The second kappa shape index (κ2) is 5.87. The van der Waals surface area contributed by atoms with E-state index in [9.17, 15) is 0 Å². The summed E-state index contributed by atoms with van der Waals surface area (Å²) in [4.78, 5) is 4.76. The molecule has 1 fully saturated rings. The number of para-hydroxylation sites is 1. The molecular formula is C13H20N2O. The van der Waals surface area contributed by atoms with Crippen LogP contribution < -0.4 is 4.90 Å². The zero-order chi connectivity index (χ0) is 11.2. The van der Waals surface area contributed by atoms with Gasteiger partial charge in [0.05, 0.1) is 13.2 Å². The van der Waals surface area contributed by atoms with Crippen LogP contribution in [0.3, 0.4) is 0 Å². The number of ether oxygens (including phenoxy) is 1. The van der Waals surface area contributed by atoms with Crippen LogP contribution in [0.1, 0.15) is 0 Å². The van der Waals surface area contributed by atoms with Gasteiger partial charge in [-0.05, 0) is 12.1 Å². The second-order valence-corrected chi connectivity index (χ2v) is 4.21. The van der Waals surface area contributed by atoms with Crippen LogP contribution in [0.5, 0.6) is 0 Å². The fourth-order valence-corrected chi connectivity index (χ4v) is 1.93. The van der Waals surface area contributed by atoms with Gasteiger partial charge in [0, 0.05) is 38.9 Å². The highest BCUT2D eigenvalue weighted by Gasteiger charge is 2.10. The molecule has 0 atom stereocenters. The van der Waals surface area contributed by atoms with Crippen molar-refractivity contribution in [1.29, 1.82) is 0 Å². The fourth-order valence-electron chi connectivity index (χ4n) is 1.93. The maximum Gasteiger partial charge on any atom is 0.0594 e. The highest BCUT2D eigenvalue weighted by Crippen LogP contribution is 2.10. The standard InChI is InChI=1S/C13H20N2O/c1-14(13-5-3-2-4-6-13)7-8-15-9-11-16-12-10-15/h2-6H,7-12H2,1H3. The van der Waals surface area contributed by atoms with E-state index < -0.39 is 0 Å². The molecule has 1 aliphatic rings. The van der Waals surface area contributed by atoms with Crippen molar-refractivity contribution in [2.24, 2.45) is 0 Å². The number of anilines is 1. The van der Waals surface area contributed by atoms with Gasteiger partial charge in [-0.25, -0.2) is 0 Å². The number of hydrogen-bond acceptors (Lipinski definition) is 3. The Kier molecular flexibility index (Phi) is 4.19. The van der Waals surface area contributed by atoms with Crippen LogP contribution in [0, 0.1) is 0 Å². The zero-order valence-corrected chi connectivity index (χ0v) is 9.93. The van der Waals surface area contributed by atoms with Gasteiger partial charge in [-0.3, -0.25) is 4.90 Å². The Balaban J connectivity index is 1.77. The SMILES string of the molecule is CN(CCN1CCOCC1)c1ccccc1. The van der Waals surface area contributed by atoms with E-state index in [-0.39, 0.29) is 0 Å². The van der Waals surface area contributed by atoms with Crippen LogP contribution in [-0.2, 0) is 4.74 Å². The van der Waals surface area contributed by atoms with Crippen molar-refractivity contribution in [2.45, 2.75) is 0 Å². The summed E-state index contributed by atoms with van der Waals surface area (Å²) in [6.07, 6.45) is 0. The molecule has 0 saturated carbocycles. The van der Waals surface area contributed by atoms with E-state index in [1.807, 2.05) is 0 Å². The molecule has 88 valence electrons. The van der Waals surface area contributed by atoms with Crippen molar-refractivity contribution in [3.63, 3.8) is 0 Å². The van der Waals surface area contributed by atoms with E-state index in [1.54, 1.807) is 0 Å². The van der Waals surface area contributed by atoms with Crippen molar-refractivity contribution in [3.8, 4) is 0 Å². The van der Waals surface area contributed by atoms with Gasteiger partial charge >= 0.3 is 0 Å². The van der Waals surface area contributed by atoms with Crippen molar-refractivity contribution in [1.82, 2.24) is 4.90 Å². The second-order valence-electron chi connectivity index (χ2n) is 4.21. The first-order valence-electron chi connectivity index (χ1n) is 5.92. The average molecular weight is 220 g/mol. The molecule has 16 heavy (non-hydrogen) atoms. The minimum absolute atomic E-state index is 0.884. The molecule has 1 heterocycles. The maximum atomic E-state index is 5.34. The molecule has 0 N–H and O–H groups in total. The van der Waals surface area contributed by atoms with Crippen molar-refractivity contribution in [3.05, 3.63) is 30.3 Å². The Morgan fingerprint density at radius 2 is 1.88 bits per heavy atom. The summed E-state index contributed by atoms with van der Waals surface area (Å²) in [6.45, 7) is 6.11. The van der Waals surface area contributed by atoms with E-state index >= 15 is 0 Å². The van der Waals surface area contributed by atoms with Crippen molar-refractivity contribution >= 4 is 5.69 Å². The molecule has 1 aliphatic heterocycles. The Labute approximate surface area is 97.6 Å². The summed E-state index contributed by atoms with van der Waals surface area (Å²) in [6, 6.07) is 10.5. The Hall–Kier alpha value is -1.06. The van der Waals surface area contributed by atoms with E-state index in [4.69, 9.17) is 4.74 Å². The summed E-state index contributed by atoms with van der Waals surface area (Å²) in [5.41, 5.74) is 1.29. The number of benzene rings is 1. The normalized spacial score (nSPS) is 17.3. The predicted octanol–water partition coefficient (Wildman–Crippen LogP) is 1.45. The molecule has 0 radical (unpaired) electrons. The average Bonchev–Trinajstić information content (AvgIpc) is 2.38. The van der Waals surface area contributed by atoms with Crippen LogP contribution in [0.15, 0.2) is 30.3 Å². The molecule has 1 aromatic rings. The van der Waals surface area contributed by atoms with Crippen molar-refractivity contribution in [2.75, 3.05) is 51.3 Å². The topological polar surface area (TPSA) is 15.7 Å². The first-order valence-corrected chi connectivity index (χ1v) is 5.92. The van der Waals surface area contributed by atoms with Gasteiger partial charge in [-0.1, -0.05) is 18.2 Å². The van der Waals surface area contributed by atoms with E-state index in [1.165, 1.54) is 5.69 Å². The summed E-state index contributed by atoms with van der Waals surface area (Å²) in [7, 11) is 2.15. The summed E-state index contributed by atoms with van der Waals surface area (Å²) in [5.74, 6) is 0. The van der Waals surface area contributed by atoms with E-state index in [2.05, 4.69) is 47.2 Å². The third-order valence-electron chi connectivity index (χ3n) is 3.05. The highest BCUT2D eigenvalue weighted by molar-refractivity contribution is 5.44. The Morgan fingerprint density at radius 1 is 1.19 bits per heavy atom. The lowest BCUT2D eigenvalue weighted by Crippen LogP contribution is -2.40. The largest absolute Gasteiger partial charge is 0.379 e. The Morgan fingerprint density at radius 3 is 2.56 bits per heavy atom. The van der Waals surface area contributed by atoms with Gasteiger partial charge in [0.2, 0.25) is 0 Å². The third-order valence-corrected chi connectivity index (χ3v) is 3.05. The van der Waals surface area contributed by atoms with Crippen LogP contribution in [0.4, 0.5) is 5.69 Å². The lowest BCUT2D eigenvalue weighted by atomic mass is 10.3. The molecule has 2 rings (SSSR count). The summed E-state index contributed by atoms with van der Waals surface area (Å²) < 4.78 is 5.34. The lowest BCUT2D eigenvalue weighted by Gasteiger charge is -2.29. The zero-order valence-electron chi connectivity index (χ0n) is 9.93. The molecular weight excluding hydrogens is 200 g/mol. The van der Waals surface area contributed by atoms with Gasteiger partial charge < -0.3 is 9.64 Å². The maximum absolute atomic E-state index is 5.34. The number of morpholine rings is 1. The van der Waals surface area contributed by atoms with Crippen LogP contribution in [-0.4, -0.2) is 51.3 Å². The fraction of sp³-hybridized carbons (Fsp3) is 0.538. The molecule has 1 saturated heterocycles. The molecule has 0 aromatic heterocycles. The number of nitrogens with zero attached hydrogens (tertiary/aromatic N) is 2. The quantitative estimate of drug-likeness (QED) is 0.764. The third kappa shape index (κ3) is 3.22. The number of likely N-dealkylation sites (N-methyl/N-ethyl adjacent to an activating group) is 1. The van der Waals surface area contributed by atoms with Crippen LogP contribution in [0.2, 0.25) is 0 Å².